The van der Waals surface area contributed by atoms with Crippen LogP contribution in [0.4, 0.5) is 0 Å². The molecule has 0 aliphatic heterocycles. The fraction of sp³-hybridized carbons (Fsp3) is 0.400. The molecule has 0 spiro atoms. The normalized spacial score (nSPS) is 12.2. The van der Waals surface area contributed by atoms with E-state index in [4.69, 9.17) is 0 Å². The first-order chi connectivity index (χ1) is 9.96. The maximum Gasteiger partial charge on any atom is 0.333 e. The van der Waals surface area contributed by atoms with Gasteiger partial charge >= 0.3 is 6.33 Å². The van der Waals surface area contributed by atoms with Gasteiger partial charge in [-0.05, 0) is 36.1 Å². The summed E-state index contributed by atoms with van der Waals surface area (Å²) in [6, 6.07) is 8.12. The number of aryl methyl sites for hydroxylation is 1. The van der Waals surface area contributed by atoms with Crippen molar-refractivity contribution in [2.45, 2.75) is 25.9 Å². The summed E-state index contributed by atoms with van der Waals surface area (Å²) in [5.41, 5.74) is 5.29. The van der Waals surface area contributed by atoms with Gasteiger partial charge in [0, 0.05) is 12.4 Å². The Labute approximate surface area is 123 Å². The summed E-state index contributed by atoms with van der Waals surface area (Å²) in [5, 5.41) is 15.4. The van der Waals surface area contributed by atoms with E-state index >= 15 is 0 Å². The van der Waals surface area contributed by atoms with Crippen LogP contribution in [0.15, 0.2) is 30.6 Å². The van der Waals surface area contributed by atoms with Crippen LogP contribution < -0.4 is 10.2 Å². The van der Waals surface area contributed by atoms with Crippen molar-refractivity contribution in [1.29, 1.82) is 0 Å². The van der Waals surface area contributed by atoms with E-state index < -0.39 is 5.60 Å². The smallest absolute Gasteiger partial charge is 0.333 e. The van der Waals surface area contributed by atoms with E-state index in [9.17, 15) is 5.11 Å². The van der Waals surface area contributed by atoms with E-state index in [1.807, 2.05) is 29.8 Å². The molecule has 0 radical (unpaired) electrons. The summed E-state index contributed by atoms with van der Waals surface area (Å²) in [5.74, 6) is 0. The molecule has 0 unspecified atom stereocenters. The van der Waals surface area contributed by atoms with Gasteiger partial charge in [-0.1, -0.05) is 23.3 Å². The molecular formula is C15H20N5O+. The molecule has 0 bridgehead atoms. The molecule has 0 aliphatic rings. The number of para-hydroxylation sites is 1. The minimum atomic E-state index is -0.690. The number of aromatic nitrogens is 4. The minimum absolute atomic E-state index is 0.624. The van der Waals surface area contributed by atoms with E-state index in [-0.39, 0.29) is 0 Å². The molecule has 21 heavy (non-hydrogen) atoms. The van der Waals surface area contributed by atoms with Crippen LogP contribution >= 0.6 is 0 Å². The fourth-order valence-corrected chi connectivity index (χ4v) is 2.40. The predicted molar refractivity (Wildman–Crippen MR) is 81.4 cm³/mol. The van der Waals surface area contributed by atoms with Gasteiger partial charge in [-0.15, -0.1) is 0 Å². The molecular weight excluding hydrogens is 266 g/mol. The maximum atomic E-state index is 9.72. The molecule has 0 saturated heterocycles. The van der Waals surface area contributed by atoms with Crippen LogP contribution in [0.5, 0.6) is 0 Å². The summed E-state index contributed by atoms with van der Waals surface area (Å²) in [7, 11) is 1.99. The third-order valence-electron chi connectivity index (χ3n) is 3.56. The predicted octanol–water partition coefficient (Wildman–Crippen LogP) is 1.11. The number of rotatable bonds is 4. The van der Waals surface area contributed by atoms with Gasteiger partial charge in [0.05, 0.1) is 17.7 Å². The number of hydrogen-bond acceptors (Lipinski definition) is 4. The second-order valence-corrected chi connectivity index (χ2v) is 5.91. The molecule has 0 amide bonds. The van der Waals surface area contributed by atoms with Gasteiger partial charge in [-0.3, -0.25) is 0 Å². The first-order valence-corrected chi connectivity index (χ1v) is 7.04. The van der Waals surface area contributed by atoms with Gasteiger partial charge < -0.3 is 9.67 Å². The molecule has 0 aliphatic carbocycles. The van der Waals surface area contributed by atoms with Gasteiger partial charge in [0.1, 0.15) is 0 Å². The van der Waals surface area contributed by atoms with Gasteiger partial charge in [0.25, 0.3) is 5.65 Å². The average molecular weight is 286 g/mol. The monoisotopic (exact) mass is 286 g/mol. The molecule has 6 heteroatoms. The Balaban J connectivity index is 1.94. The Morgan fingerprint density at radius 3 is 2.86 bits per heavy atom. The van der Waals surface area contributed by atoms with Crippen LogP contribution in [0.3, 0.4) is 0 Å². The van der Waals surface area contributed by atoms with Gasteiger partial charge in [0.2, 0.25) is 0 Å². The van der Waals surface area contributed by atoms with Gasteiger partial charge in [-0.25, -0.2) is 5.43 Å². The highest BCUT2D eigenvalue weighted by molar-refractivity contribution is 6.03. The summed E-state index contributed by atoms with van der Waals surface area (Å²) >= 11 is 0. The first-order valence-electron chi connectivity index (χ1n) is 7.04. The maximum absolute atomic E-state index is 9.72. The van der Waals surface area contributed by atoms with Crippen molar-refractivity contribution >= 4 is 22.1 Å². The zero-order chi connectivity index (χ0) is 15.0. The van der Waals surface area contributed by atoms with Crippen molar-refractivity contribution in [2.75, 3.05) is 12.0 Å². The van der Waals surface area contributed by atoms with Gasteiger partial charge in [-0.2, -0.15) is 0 Å². The lowest BCUT2D eigenvalue weighted by Gasteiger charge is -2.15. The van der Waals surface area contributed by atoms with Crippen LogP contribution in [0.25, 0.3) is 22.1 Å². The van der Waals surface area contributed by atoms with Crippen molar-refractivity contribution in [2.24, 2.45) is 7.05 Å². The molecule has 2 N–H and O–H groups in total. The standard InChI is InChI=1S/C15H20N5O/c1-15(2,21)8-9-17-20-10-16-14-13(18-20)11-6-4-5-7-12(11)19(14)3/h4-7,10,21H,8-9H2,1-3H3,(H,17,18)/q+1. The summed E-state index contributed by atoms with van der Waals surface area (Å²) in [6.45, 7) is 4.21. The second kappa shape index (κ2) is 4.96. The zero-order valence-corrected chi connectivity index (χ0v) is 12.5. The summed E-state index contributed by atoms with van der Waals surface area (Å²) in [4.78, 5) is 6.08. The topological polar surface area (TPSA) is 66.8 Å². The highest BCUT2D eigenvalue weighted by atomic mass is 16.3. The molecule has 2 heterocycles. The zero-order valence-electron chi connectivity index (χ0n) is 12.5. The van der Waals surface area contributed by atoms with Crippen molar-refractivity contribution in [3.05, 3.63) is 30.6 Å². The molecule has 3 aromatic rings. The summed E-state index contributed by atoms with van der Waals surface area (Å²) in [6.07, 6.45) is 2.29. The highest BCUT2D eigenvalue weighted by Gasteiger charge is 2.17. The molecule has 110 valence electrons. The third-order valence-corrected chi connectivity index (χ3v) is 3.56. The first kappa shape index (κ1) is 13.8. The van der Waals surface area contributed by atoms with Crippen LogP contribution in [0.1, 0.15) is 20.3 Å². The van der Waals surface area contributed by atoms with Crippen LogP contribution in [0, 0.1) is 0 Å². The van der Waals surface area contributed by atoms with Gasteiger partial charge in [0.15, 0.2) is 5.52 Å². The molecule has 2 aromatic heterocycles. The van der Waals surface area contributed by atoms with Crippen molar-refractivity contribution < 1.29 is 9.90 Å². The third kappa shape index (κ3) is 2.67. The second-order valence-electron chi connectivity index (χ2n) is 5.91. The number of nitrogens with one attached hydrogen (secondary N) is 1. The lowest BCUT2D eigenvalue weighted by molar-refractivity contribution is -0.710. The van der Waals surface area contributed by atoms with Crippen LogP contribution in [-0.4, -0.2) is 31.9 Å². The number of nitrogens with zero attached hydrogens (tertiary/aromatic N) is 4. The fourth-order valence-electron chi connectivity index (χ4n) is 2.40. The Morgan fingerprint density at radius 1 is 1.33 bits per heavy atom. The SMILES string of the molecule is Cn1c2ccccc2c2n[n+](NCCC(C)(C)O)cnc21. The highest BCUT2D eigenvalue weighted by Crippen LogP contribution is 2.23. The van der Waals surface area contributed by atoms with Crippen LogP contribution in [0.2, 0.25) is 0 Å². The Morgan fingerprint density at radius 2 is 2.10 bits per heavy atom. The van der Waals surface area contributed by atoms with E-state index in [0.717, 1.165) is 22.1 Å². The van der Waals surface area contributed by atoms with E-state index in [0.29, 0.717) is 13.0 Å². The lowest BCUT2D eigenvalue weighted by atomic mass is 10.1. The Kier molecular flexibility index (Phi) is 3.25. The molecule has 0 atom stereocenters. The Bertz CT molecular complexity index is 788. The largest absolute Gasteiger partial charge is 0.390 e. The Hall–Kier alpha value is -2.21. The average Bonchev–Trinajstić information content (AvgIpc) is 2.72. The molecule has 0 saturated carbocycles. The molecule has 0 fully saturated rings. The van der Waals surface area contributed by atoms with Crippen molar-refractivity contribution in [1.82, 2.24) is 14.6 Å². The van der Waals surface area contributed by atoms with Crippen molar-refractivity contribution in [3.8, 4) is 0 Å². The molecule has 1 aromatic carbocycles. The summed E-state index contributed by atoms with van der Waals surface area (Å²) < 4.78 is 2.04. The van der Waals surface area contributed by atoms with E-state index in [2.05, 4.69) is 21.6 Å². The number of fused-ring (bicyclic) bond motifs is 3. The van der Waals surface area contributed by atoms with E-state index in [1.165, 1.54) is 0 Å². The van der Waals surface area contributed by atoms with Crippen LogP contribution in [-0.2, 0) is 7.05 Å². The quantitative estimate of drug-likeness (QED) is 0.705. The number of benzene rings is 1. The molecule has 6 nitrogen and oxygen atoms in total. The lowest BCUT2D eigenvalue weighted by Crippen LogP contribution is -2.50. The van der Waals surface area contributed by atoms with E-state index in [1.54, 1.807) is 25.0 Å². The number of aliphatic hydroxyl groups is 1. The number of hydrogen-bond donors (Lipinski definition) is 2. The van der Waals surface area contributed by atoms with Crippen molar-refractivity contribution in [3.63, 3.8) is 0 Å². The molecule has 3 rings (SSSR count). The minimum Gasteiger partial charge on any atom is -0.390 e.